The van der Waals surface area contributed by atoms with Crippen molar-refractivity contribution in [3.8, 4) is 0 Å². The lowest BCUT2D eigenvalue weighted by Crippen LogP contribution is -2.19. The average Bonchev–Trinajstić information content (AvgIpc) is 2.32. The summed E-state index contributed by atoms with van der Waals surface area (Å²) < 4.78 is 1.52. The maximum atomic E-state index is 11.7. The van der Waals surface area contributed by atoms with Crippen molar-refractivity contribution in [1.29, 1.82) is 0 Å². The molecule has 0 saturated heterocycles. The number of hydrogen-bond acceptors (Lipinski definition) is 4. The second-order valence-corrected chi connectivity index (χ2v) is 4.32. The second-order valence-electron chi connectivity index (χ2n) is 4.32. The van der Waals surface area contributed by atoms with Crippen LogP contribution >= 0.6 is 0 Å². The van der Waals surface area contributed by atoms with Gasteiger partial charge in [0.1, 0.15) is 5.69 Å². The van der Waals surface area contributed by atoms with Gasteiger partial charge < -0.3 is 10.3 Å². The van der Waals surface area contributed by atoms with E-state index in [2.05, 4.69) is 0 Å². The molecule has 0 amide bonds. The molecule has 1 aromatic carbocycles. The predicted molar refractivity (Wildman–Crippen MR) is 72.0 cm³/mol. The Balaban J connectivity index is 2.31. The van der Waals surface area contributed by atoms with E-state index in [0.717, 1.165) is 11.1 Å². The summed E-state index contributed by atoms with van der Waals surface area (Å²) in [6, 6.07) is 7.83. The van der Waals surface area contributed by atoms with Gasteiger partial charge in [0.05, 0.1) is 11.5 Å². The van der Waals surface area contributed by atoms with Crippen LogP contribution in [0.4, 0.5) is 11.4 Å². The van der Waals surface area contributed by atoms with Crippen LogP contribution in [0.5, 0.6) is 0 Å². The third-order valence-electron chi connectivity index (χ3n) is 2.79. The Hall–Kier alpha value is -2.63. The molecule has 2 N–H and O–H groups in total. The molecule has 0 radical (unpaired) electrons. The van der Waals surface area contributed by atoms with Gasteiger partial charge in [0.2, 0.25) is 0 Å². The summed E-state index contributed by atoms with van der Waals surface area (Å²) >= 11 is 0. The standard InChI is InChI=1S/C13H13N3O3/c1-9-4-5-15(13(17)6-9)8-10-2-3-12(16(18)19)11(14)7-10/h2-7H,8,14H2,1H3. The van der Waals surface area contributed by atoms with Crippen LogP contribution < -0.4 is 11.3 Å². The number of nitro groups is 1. The summed E-state index contributed by atoms with van der Waals surface area (Å²) in [6.45, 7) is 2.18. The van der Waals surface area contributed by atoms with Gasteiger partial charge in [-0.3, -0.25) is 14.9 Å². The van der Waals surface area contributed by atoms with Crippen molar-refractivity contribution < 1.29 is 4.92 Å². The van der Waals surface area contributed by atoms with Crippen molar-refractivity contribution in [3.63, 3.8) is 0 Å². The van der Waals surface area contributed by atoms with Gasteiger partial charge in [-0.05, 0) is 30.2 Å². The molecule has 6 nitrogen and oxygen atoms in total. The number of pyridine rings is 1. The molecule has 1 aromatic heterocycles. The summed E-state index contributed by atoms with van der Waals surface area (Å²) in [5, 5.41) is 10.7. The highest BCUT2D eigenvalue weighted by Crippen LogP contribution is 2.22. The van der Waals surface area contributed by atoms with Crippen LogP contribution in [0.3, 0.4) is 0 Å². The summed E-state index contributed by atoms with van der Waals surface area (Å²) in [4.78, 5) is 21.9. The van der Waals surface area contributed by atoms with E-state index in [9.17, 15) is 14.9 Å². The van der Waals surface area contributed by atoms with Crippen molar-refractivity contribution >= 4 is 11.4 Å². The van der Waals surface area contributed by atoms with E-state index < -0.39 is 4.92 Å². The van der Waals surface area contributed by atoms with Gasteiger partial charge in [0.25, 0.3) is 11.2 Å². The molecule has 0 aliphatic carbocycles. The zero-order valence-electron chi connectivity index (χ0n) is 10.4. The van der Waals surface area contributed by atoms with Crippen LogP contribution in [0.1, 0.15) is 11.1 Å². The Morgan fingerprint density at radius 3 is 2.63 bits per heavy atom. The third-order valence-corrected chi connectivity index (χ3v) is 2.79. The molecule has 2 rings (SSSR count). The molecule has 6 heteroatoms. The zero-order chi connectivity index (χ0) is 14.0. The maximum Gasteiger partial charge on any atom is 0.292 e. The first-order valence-corrected chi connectivity index (χ1v) is 5.67. The molecule has 0 aliphatic heterocycles. The molecule has 0 aliphatic rings. The second kappa shape index (κ2) is 4.93. The lowest BCUT2D eigenvalue weighted by molar-refractivity contribution is -0.383. The van der Waals surface area contributed by atoms with Gasteiger partial charge in [0, 0.05) is 18.3 Å². The summed E-state index contributed by atoms with van der Waals surface area (Å²) in [7, 11) is 0. The maximum absolute atomic E-state index is 11.7. The molecule has 0 saturated carbocycles. The minimum Gasteiger partial charge on any atom is -0.393 e. The van der Waals surface area contributed by atoms with Crippen molar-refractivity contribution in [2.75, 3.05) is 5.73 Å². The fraction of sp³-hybridized carbons (Fsp3) is 0.154. The van der Waals surface area contributed by atoms with Crippen molar-refractivity contribution in [3.05, 3.63) is 68.1 Å². The number of aryl methyl sites for hydroxylation is 1. The minimum atomic E-state index is -0.531. The van der Waals surface area contributed by atoms with Gasteiger partial charge in [-0.2, -0.15) is 0 Å². The lowest BCUT2D eigenvalue weighted by atomic mass is 10.1. The highest BCUT2D eigenvalue weighted by molar-refractivity contribution is 5.59. The van der Waals surface area contributed by atoms with E-state index in [4.69, 9.17) is 5.73 Å². The largest absolute Gasteiger partial charge is 0.393 e. The number of rotatable bonds is 3. The SMILES string of the molecule is Cc1ccn(Cc2ccc([N+](=O)[O-])c(N)c2)c(=O)c1. The van der Waals surface area contributed by atoms with Gasteiger partial charge >= 0.3 is 0 Å². The van der Waals surface area contributed by atoms with Crippen LogP contribution in [-0.4, -0.2) is 9.49 Å². The first-order valence-electron chi connectivity index (χ1n) is 5.67. The highest BCUT2D eigenvalue weighted by Gasteiger charge is 2.11. The third kappa shape index (κ3) is 2.79. The van der Waals surface area contributed by atoms with Crippen LogP contribution in [0.25, 0.3) is 0 Å². The normalized spacial score (nSPS) is 10.4. The fourth-order valence-corrected chi connectivity index (χ4v) is 1.80. The Bertz CT molecular complexity index is 692. The quantitative estimate of drug-likeness (QED) is 0.516. The van der Waals surface area contributed by atoms with Crippen LogP contribution in [0.2, 0.25) is 0 Å². The molecule has 19 heavy (non-hydrogen) atoms. The molecule has 0 atom stereocenters. The van der Waals surface area contributed by atoms with Gasteiger partial charge in [-0.1, -0.05) is 6.07 Å². The van der Waals surface area contributed by atoms with E-state index in [1.807, 2.05) is 13.0 Å². The smallest absolute Gasteiger partial charge is 0.292 e. The predicted octanol–water partition coefficient (Wildman–Crippen LogP) is 1.70. The van der Waals surface area contributed by atoms with Crippen LogP contribution in [-0.2, 0) is 6.54 Å². The Morgan fingerprint density at radius 1 is 1.32 bits per heavy atom. The highest BCUT2D eigenvalue weighted by atomic mass is 16.6. The van der Waals surface area contributed by atoms with E-state index in [1.165, 1.54) is 22.8 Å². The average molecular weight is 259 g/mol. The van der Waals surface area contributed by atoms with E-state index in [-0.39, 0.29) is 16.9 Å². The van der Waals surface area contributed by atoms with Crippen LogP contribution in [0, 0.1) is 17.0 Å². The van der Waals surface area contributed by atoms with E-state index in [0.29, 0.717) is 6.54 Å². The van der Waals surface area contributed by atoms with Crippen molar-refractivity contribution in [1.82, 2.24) is 4.57 Å². The number of hydrogen-bond donors (Lipinski definition) is 1. The van der Waals surface area contributed by atoms with Crippen molar-refractivity contribution in [2.24, 2.45) is 0 Å². The fourth-order valence-electron chi connectivity index (χ4n) is 1.80. The first kappa shape index (κ1) is 12.8. The molecule has 0 unspecified atom stereocenters. The first-order chi connectivity index (χ1) is 8.97. The molecule has 0 spiro atoms. The molecular formula is C13H13N3O3. The zero-order valence-corrected chi connectivity index (χ0v) is 10.4. The molecule has 2 aromatic rings. The van der Waals surface area contributed by atoms with Crippen molar-refractivity contribution in [2.45, 2.75) is 13.5 Å². The molecule has 98 valence electrons. The number of nitro benzene ring substituents is 1. The molecule has 0 fully saturated rings. The summed E-state index contributed by atoms with van der Waals surface area (Å²) in [5.41, 5.74) is 7.11. The molecule has 1 heterocycles. The topological polar surface area (TPSA) is 91.2 Å². The number of anilines is 1. The summed E-state index contributed by atoms with van der Waals surface area (Å²) in [6.07, 6.45) is 1.69. The molecule has 0 bridgehead atoms. The number of nitrogens with zero attached hydrogens (tertiary/aromatic N) is 2. The van der Waals surface area contributed by atoms with Gasteiger partial charge in [-0.25, -0.2) is 0 Å². The minimum absolute atomic E-state index is 0.0997. The Kier molecular flexibility index (Phi) is 3.33. The monoisotopic (exact) mass is 259 g/mol. The number of nitrogens with two attached hydrogens (primary N) is 1. The Morgan fingerprint density at radius 2 is 2.05 bits per heavy atom. The summed E-state index contributed by atoms with van der Waals surface area (Å²) in [5.74, 6) is 0. The number of aromatic nitrogens is 1. The van der Waals surface area contributed by atoms with Gasteiger partial charge in [-0.15, -0.1) is 0 Å². The number of benzene rings is 1. The Labute approximate surface area is 109 Å². The molecular weight excluding hydrogens is 246 g/mol. The van der Waals surface area contributed by atoms with Gasteiger partial charge in [0.15, 0.2) is 0 Å². The lowest BCUT2D eigenvalue weighted by Gasteiger charge is -2.07. The van der Waals surface area contributed by atoms with E-state index in [1.54, 1.807) is 12.3 Å². The number of nitrogen functional groups attached to an aromatic ring is 1. The van der Waals surface area contributed by atoms with E-state index >= 15 is 0 Å². The van der Waals surface area contributed by atoms with Crippen LogP contribution in [0.15, 0.2) is 41.3 Å².